The lowest BCUT2D eigenvalue weighted by molar-refractivity contribution is -0.149. The smallest absolute Gasteiger partial charge is 0.309 e. The molecular weight excluding hydrogens is 259 g/mol. The molecule has 0 fully saturated rings. The van der Waals surface area contributed by atoms with E-state index in [4.69, 9.17) is 4.74 Å². The van der Waals surface area contributed by atoms with Crippen LogP contribution in [-0.2, 0) is 11.2 Å². The van der Waals surface area contributed by atoms with Crippen molar-refractivity contribution in [3.63, 3.8) is 0 Å². The van der Waals surface area contributed by atoms with Crippen molar-refractivity contribution in [1.29, 1.82) is 0 Å². The Morgan fingerprint density at radius 3 is 2.60 bits per heavy atom. The van der Waals surface area contributed by atoms with Crippen molar-refractivity contribution in [2.45, 2.75) is 46.0 Å². The molecule has 1 N–H and O–H groups in total. The van der Waals surface area contributed by atoms with Gasteiger partial charge in [-0.15, -0.1) is 0 Å². The van der Waals surface area contributed by atoms with Crippen LogP contribution >= 0.6 is 0 Å². The van der Waals surface area contributed by atoms with Crippen LogP contribution in [0.2, 0.25) is 0 Å². The number of rotatable bonds is 8. The number of ether oxygens (including phenoxy) is 1. The van der Waals surface area contributed by atoms with Crippen LogP contribution in [-0.4, -0.2) is 18.2 Å². The van der Waals surface area contributed by atoms with E-state index < -0.39 is 17.2 Å². The largest absolute Gasteiger partial charge is 0.494 e. The zero-order valence-corrected chi connectivity index (χ0v) is 12.4. The number of hydrogen-bond acceptors (Lipinski definition) is 2. The molecule has 0 amide bonds. The molecule has 0 bridgehead atoms. The van der Waals surface area contributed by atoms with Gasteiger partial charge in [0.25, 0.3) is 0 Å². The van der Waals surface area contributed by atoms with Crippen LogP contribution in [0.15, 0.2) is 18.2 Å². The van der Waals surface area contributed by atoms with Gasteiger partial charge in [0.1, 0.15) is 0 Å². The maximum atomic E-state index is 14.2. The highest BCUT2D eigenvalue weighted by Crippen LogP contribution is 2.35. The molecule has 1 unspecified atom stereocenters. The minimum atomic E-state index is -0.900. The molecule has 0 radical (unpaired) electrons. The average Bonchev–Trinajstić information content (AvgIpc) is 2.45. The second-order valence-electron chi connectivity index (χ2n) is 5.15. The van der Waals surface area contributed by atoms with Crippen LogP contribution in [0.5, 0.6) is 5.75 Å². The van der Waals surface area contributed by atoms with Gasteiger partial charge in [0.2, 0.25) is 0 Å². The van der Waals surface area contributed by atoms with E-state index in [0.717, 1.165) is 12.8 Å². The highest BCUT2D eigenvalue weighted by molar-refractivity contribution is 5.75. The van der Waals surface area contributed by atoms with Gasteiger partial charge in [-0.1, -0.05) is 38.8 Å². The van der Waals surface area contributed by atoms with Crippen LogP contribution in [0, 0.1) is 11.2 Å². The summed E-state index contributed by atoms with van der Waals surface area (Å²) in [7, 11) is 1.41. The number of aliphatic carboxylic acids is 1. The fourth-order valence-corrected chi connectivity index (χ4v) is 2.45. The Hall–Kier alpha value is -1.58. The Labute approximate surface area is 119 Å². The summed E-state index contributed by atoms with van der Waals surface area (Å²) in [5, 5.41) is 9.58. The van der Waals surface area contributed by atoms with Crippen molar-refractivity contribution in [2.24, 2.45) is 5.41 Å². The normalized spacial score (nSPS) is 13.8. The molecule has 1 aromatic carbocycles. The SMILES string of the molecule is CCCCC(CC)(Cc1cccc(OC)c1F)C(=O)O. The highest BCUT2D eigenvalue weighted by Gasteiger charge is 2.37. The number of halogens is 1. The van der Waals surface area contributed by atoms with E-state index in [-0.39, 0.29) is 12.2 Å². The Morgan fingerprint density at radius 1 is 1.40 bits per heavy atom. The van der Waals surface area contributed by atoms with Crippen molar-refractivity contribution in [1.82, 2.24) is 0 Å². The summed E-state index contributed by atoms with van der Waals surface area (Å²) < 4.78 is 19.2. The van der Waals surface area contributed by atoms with E-state index in [9.17, 15) is 14.3 Å². The molecule has 0 aliphatic carbocycles. The fourth-order valence-electron chi connectivity index (χ4n) is 2.45. The first kappa shape index (κ1) is 16.5. The van der Waals surface area contributed by atoms with Gasteiger partial charge in [0.15, 0.2) is 11.6 Å². The molecule has 0 saturated heterocycles. The second kappa shape index (κ2) is 7.27. The molecule has 4 heteroatoms. The van der Waals surface area contributed by atoms with Crippen LogP contribution in [0.1, 0.15) is 45.1 Å². The van der Waals surface area contributed by atoms with Gasteiger partial charge < -0.3 is 9.84 Å². The molecule has 3 nitrogen and oxygen atoms in total. The Balaban J connectivity index is 3.09. The maximum absolute atomic E-state index is 14.2. The monoisotopic (exact) mass is 282 g/mol. The standard InChI is InChI=1S/C16H23FO3/c1-4-6-10-16(5-2,15(18)19)11-12-8-7-9-13(20-3)14(12)17/h7-9H,4-6,10-11H2,1-3H3,(H,18,19). The van der Waals surface area contributed by atoms with Gasteiger partial charge in [0, 0.05) is 0 Å². The molecule has 0 spiro atoms. The number of benzene rings is 1. The van der Waals surface area contributed by atoms with E-state index in [2.05, 4.69) is 0 Å². The van der Waals surface area contributed by atoms with Crippen LogP contribution in [0.4, 0.5) is 4.39 Å². The molecule has 0 heterocycles. The summed E-state index contributed by atoms with van der Waals surface area (Å²) >= 11 is 0. The van der Waals surface area contributed by atoms with E-state index in [1.807, 2.05) is 13.8 Å². The minimum absolute atomic E-state index is 0.161. The third kappa shape index (κ3) is 3.50. The first-order chi connectivity index (χ1) is 9.50. The number of carboxylic acid groups (broad SMARTS) is 1. The van der Waals surface area contributed by atoms with Crippen molar-refractivity contribution in [3.05, 3.63) is 29.6 Å². The Bertz CT molecular complexity index is 459. The first-order valence-electron chi connectivity index (χ1n) is 7.05. The van der Waals surface area contributed by atoms with Crippen LogP contribution < -0.4 is 4.74 Å². The van der Waals surface area contributed by atoms with E-state index in [1.165, 1.54) is 7.11 Å². The van der Waals surface area contributed by atoms with Crippen molar-refractivity contribution >= 4 is 5.97 Å². The Kier molecular flexibility index (Phi) is 5.99. The zero-order valence-electron chi connectivity index (χ0n) is 12.4. The maximum Gasteiger partial charge on any atom is 0.309 e. The fraction of sp³-hybridized carbons (Fsp3) is 0.562. The first-order valence-corrected chi connectivity index (χ1v) is 7.05. The summed E-state index contributed by atoms with van der Waals surface area (Å²) in [6.07, 6.45) is 2.99. The van der Waals surface area contributed by atoms with Crippen LogP contribution in [0.25, 0.3) is 0 Å². The van der Waals surface area contributed by atoms with E-state index in [1.54, 1.807) is 18.2 Å². The summed E-state index contributed by atoms with van der Waals surface area (Å²) in [5.41, 5.74) is -0.492. The molecule has 20 heavy (non-hydrogen) atoms. The summed E-state index contributed by atoms with van der Waals surface area (Å²) in [6.45, 7) is 3.87. The summed E-state index contributed by atoms with van der Waals surface area (Å²) in [5.74, 6) is -1.14. The van der Waals surface area contributed by atoms with Gasteiger partial charge in [-0.25, -0.2) is 4.39 Å². The van der Waals surface area contributed by atoms with Crippen molar-refractivity contribution in [3.8, 4) is 5.75 Å². The summed E-state index contributed by atoms with van der Waals surface area (Å²) in [6, 6.07) is 4.87. The molecular formula is C16H23FO3. The third-order valence-corrected chi connectivity index (χ3v) is 3.93. The topological polar surface area (TPSA) is 46.5 Å². The van der Waals surface area contributed by atoms with Gasteiger partial charge in [-0.3, -0.25) is 4.79 Å². The second-order valence-corrected chi connectivity index (χ2v) is 5.15. The number of carboxylic acids is 1. The molecule has 1 rings (SSSR count). The number of methoxy groups -OCH3 is 1. The molecule has 0 aliphatic rings. The molecule has 1 atom stereocenters. The lowest BCUT2D eigenvalue weighted by atomic mass is 9.75. The highest BCUT2D eigenvalue weighted by atomic mass is 19.1. The summed E-state index contributed by atoms with van der Waals surface area (Å²) in [4.78, 5) is 11.7. The third-order valence-electron chi connectivity index (χ3n) is 3.93. The number of hydrogen-bond donors (Lipinski definition) is 1. The lowest BCUT2D eigenvalue weighted by Crippen LogP contribution is -2.33. The molecule has 0 saturated carbocycles. The Morgan fingerprint density at radius 2 is 2.10 bits per heavy atom. The van der Waals surface area contributed by atoms with Gasteiger partial charge in [0.05, 0.1) is 12.5 Å². The average molecular weight is 282 g/mol. The van der Waals surface area contributed by atoms with Crippen LogP contribution in [0.3, 0.4) is 0 Å². The number of carbonyl (C=O) groups is 1. The van der Waals surface area contributed by atoms with E-state index in [0.29, 0.717) is 18.4 Å². The van der Waals surface area contributed by atoms with Crippen molar-refractivity contribution < 1.29 is 19.0 Å². The van der Waals surface area contributed by atoms with Gasteiger partial charge >= 0.3 is 5.97 Å². The predicted octanol–water partition coefficient (Wildman–Crippen LogP) is 4.05. The lowest BCUT2D eigenvalue weighted by Gasteiger charge is -2.28. The quantitative estimate of drug-likeness (QED) is 0.782. The predicted molar refractivity (Wildman–Crippen MR) is 76.5 cm³/mol. The van der Waals surface area contributed by atoms with Gasteiger partial charge in [-0.2, -0.15) is 0 Å². The molecule has 1 aromatic rings. The number of unbranched alkanes of at least 4 members (excludes halogenated alkanes) is 1. The minimum Gasteiger partial charge on any atom is -0.494 e. The van der Waals surface area contributed by atoms with E-state index >= 15 is 0 Å². The van der Waals surface area contributed by atoms with Gasteiger partial charge in [-0.05, 0) is 30.9 Å². The molecule has 0 aliphatic heterocycles. The molecule has 112 valence electrons. The zero-order chi connectivity index (χ0) is 15.2. The molecule has 0 aromatic heterocycles. The van der Waals surface area contributed by atoms with Crippen molar-refractivity contribution in [2.75, 3.05) is 7.11 Å².